The van der Waals surface area contributed by atoms with E-state index in [2.05, 4.69) is 28.5 Å². The largest absolute Gasteiger partial charge is 0.497 e. The highest BCUT2D eigenvalue weighted by atomic mass is 32.1. The summed E-state index contributed by atoms with van der Waals surface area (Å²) in [5.41, 5.74) is 1.53. The van der Waals surface area contributed by atoms with Crippen LogP contribution in [0.4, 0.5) is 0 Å². The van der Waals surface area contributed by atoms with Gasteiger partial charge in [0.05, 0.1) is 14.2 Å². The SMILES string of the molecule is COc1cccc(Cc2nsc(Oc3cc(C(=O)NC(C)C(C)C)ccc3OC)n2)c1. The van der Waals surface area contributed by atoms with Crippen LogP contribution in [0.15, 0.2) is 42.5 Å². The van der Waals surface area contributed by atoms with E-state index < -0.39 is 0 Å². The summed E-state index contributed by atoms with van der Waals surface area (Å²) in [7, 11) is 3.19. The zero-order chi connectivity index (χ0) is 22.4. The Hall–Kier alpha value is -3.13. The minimum absolute atomic E-state index is 0.0568. The second-order valence-electron chi connectivity index (χ2n) is 7.48. The van der Waals surface area contributed by atoms with E-state index in [1.807, 2.05) is 31.2 Å². The molecule has 0 aliphatic carbocycles. The predicted molar refractivity (Wildman–Crippen MR) is 121 cm³/mol. The van der Waals surface area contributed by atoms with Crippen LogP contribution in [0.25, 0.3) is 0 Å². The first-order chi connectivity index (χ1) is 14.9. The number of carbonyl (C=O) groups is 1. The fourth-order valence-corrected chi connectivity index (χ4v) is 3.33. The van der Waals surface area contributed by atoms with Gasteiger partial charge >= 0.3 is 0 Å². The molecule has 0 aliphatic rings. The summed E-state index contributed by atoms with van der Waals surface area (Å²) in [6.45, 7) is 6.10. The van der Waals surface area contributed by atoms with Gasteiger partial charge in [-0.3, -0.25) is 4.79 Å². The van der Waals surface area contributed by atoms with E-state index in [9.17, 15) is 4.79 Å². The number of methoxy groups -OCH3 is 2. The van der Waals surface area contributed by atoms with E-state index in [0.29, 0.717) is 40.4 Å². The van der Waals surface area contributed by atoms with Crippen molar-refractivity contribution in [3.05, 3.63) is 59.4 Å². The lowest BCUT2D eigenvalue weighted by Gasteiger charge is -2.18. The average Bonchev–Trinajstić information content (AvgIpc) is 3.20. The van der Waals surface area contributed by atoms with Crippen LogP contribution in [-0.4, -0.2) is 35.5 Å². The molecule has 3 rings (SSSR count). The van der Waals surface area contributed by atoms with Crippen LogP contribution in [-0.2, 0) is 6.42 Å². The van der Waals surface area contributed by atoms with Crippen molar-refractivity contribution in [2.45, 2.75) is 33.2 Å². The topological polar surface area (TPSA) is 82.6 Å². The number of aromatic nitrogens is 2. The second kappa shape index (κ2) is 10.3. The molecule has 7 nitrogen and oxygen atoms in total. The lowest BCUT2D eigenvalue weighted by Crippen LogP contribution is -2.36. The maximum Gasteiger partial charge on any atom is 0.298 e. The van der Waals surface area contributed by atoms with Gasteiger partial charge in [-0.25, -0.2) is 0 Å². The predicted octanol–water partition coefficient (Wildman–Crippen LogP) is 4.71. The molecule has 2 aromatic carbocycles. The third kappa shape index (κ3) is 5.95. The molecule has 3 aromatic rings. The number of amides is 1. The molecule has 0 saturated heterocycles. The average molecular weight is 442 g/mol. The molecule has 8 heteroatoms. The van der Waals surface area contributed by atoms with Gasteiger partial charge in [-0.2, -0.15) is 9.36 Å². The zero-order valence-corrected chi connectivity index (χ0v) is 19.2. The summed E-state index contributed by atoms with van der Waals surface area (Å²) in [6, 6.07) is 12.9. The molecule has 0 fully saturated rings. The van der Waals surface area contributed by atoms with Crippen LogP contribution in [0.3, 0.4) is 0 Å². The van der Waals surface area contributed by atoms with Crippen LogP contribution in [0, 0.1) is 5.92 Å². The molecule has 1 aromatic heterocycles. The summed E-state index contributed by atoms with van der Waals surface area (Å²) in [4.78, 5) is 17.0. The van der Waals surface area contributed by atoms with E-state index in [-0.39, 0.29) is 11.9 Å². The van der Waals surface area contributed by atoms with Crippen molar-refractivity contribution in [2.24, 2.45) is 5.92 Å². The van der Waals surface area contributed by atoms with Crippen molar-refractivity contribution in [2.75, 3.05) is 14.2 Å². The molecule has 0 aliphatic heterocycles. The summed E-state index contributed by atoms with van der Waals surface area (Å²) in [5.74, 6) is 2.53. The number of benzene rings is 2. The van der Waals surface area contributed by atoms with E-state index in [1.54, 1.807) is 32.4 Å². The molecular weight excluding hydrogens is 414 g/mol. The number of nitrogens with one attached hydrogen (secondary N) is 1. The third-order valence-corrected chi connectivity index (χ3v) is 5.56. The highest BCUT2D eigenvalue weighted by molar-refractivity contribution is 7.07. The molecular formula is C23H27N3O4S. The number of carbonyl (C=O) groups excluding carboxylic acids is 1. The Kier molecular flexibility index (Phi) is 7.46. The molecule has 0 spiro atoms. The number of rotatable bonds is 9. The van der Waals surface area contributed by atoms with Crippen molar-refractivity contribution in [3.63, 3.8) is 0 Å². The quantitative estimate of drug-likeness (QED) is 0.518. The standard InChI is InChI=1S/C23H27N3O4S/c1-14(2)15(3)24-22(27)17-9-10-19(29-5)20(13-17)30-23-25-21(26-31-23)12-16-7-6-8-18(11-16)28-4/h6-11,13-15H,12H2,1-5H3,(H,24,27). The fourth-order valence-electron chi connectivity index (χ4n) is 2.76. The molecule has 1 heterocycles. The van der Waals surface area contributed by atoms with Gasteiger partial charge in [0, 0.05) is 29.6 Å². The van der Waals surface area contributed by atoms with Gasteiger partial charge in [0.15, 0.2) is 17.3 Å². The van der Waals surface area contributed by atoms with E-state index in [4.69, 9.17) is 14.2 Å². The lowest BCUT2D eigenvalue weighted by molar-refractivity contribution is 0.0930. The maximum absolute atomic E-state index is 12.6. The molecule has 1 unspecified atom stereocenters. The Labute approximate surface area is 186 Å². The molecule has 1 atom stereocenters. The van der Waals surface area contributed by atoms with Gasteiger partial charge in [-0.1, -0.05) is 26.0 Å². The molecule has 0 saturated carbocycles. The van der Waals surface area contributed by atoms with Crippen LogP contribution in [0.5, 0.6) is 22.4 Å². The van der Waals surface area contributed by atoms with Gasteiger partial charge in [-0.15, -0.1) is 0 Å². The fraction of sp³-hybridized carbons (Fsp3) is 0.348. The van der Waals surface area contributed by atoms with Gasteiger partial charge in [0.1, 0.15) is 5.75 Å². The third-order valence-electron chi connectivity index (χ3n) is 4.93. The molecule has 1 amide bonds. The van der Waals surface area contributed by atoms with Crippen molar-refractivity contribution in [3.8, 4) is 22.4 Å². The van der Waals surface area contributed by atoms with Crippen LogP contribution in [0.1, 0.15) is 42.5 Å². The molecule has 164 valence electrons. The Bertz CT molecular complexity index is 1040. The minimum atomic E-state index is -0.162. The highest BCUT2D eigenvalue weighted by Gasteiger charge is 2.17. The van der Waals surface area contributed by atoms with Gasteiger partial charge < -0.3 is 19.5 Å². The van der Waals surface area contributed by atoms with E-state index in [1.165, 1.54) is 0 Å². The summed E-state index contributed by atoms with van der Waals surface area (Å²) in [5, 5.41) is 3.37. The minimum Gasteiger partial charge on any atom is -0.497 e. The van der Waals surface area contributed by atoms with Gasteiger partial charge in [0.2, 0.25) is 0 Å². The van der Waals surface area contributed by atoms with Crippen LogP contribution in [0.2, 0.25) is 0 Å². The van der Waals surface area contributed by atoms with E-state index in [0.717, 1.165) is 22.8 Å². The molecule has 0 radical (unpaired) electrons. The number of hydrogen-bond acceptors (Lipinski definition) is 7. The number of hydrogen-bond donors (Lipinski definition) is 1. The normalized spacial score (nSPS) is 11.8. The van der Waals surface area contributed by atoms with Crippen LogP contribution >= 0.6 is 11.5 Å². The molecule has 31 heavy (non-hydrogen) atoms. The summed E-state index contributed by atoms with van der Waals surface area (Å²) in [6.07, 6.45) is 0.559. The summed E-state index contributed by atoms with van der Waals surface area (Å²) >= 11 is 1.15. The van der Waals surface area contributed by atoms with Gasteiger partial charge in [-0.05, 0) is 48.7 Å². The van der Waals surface area contributed by atoms with Gasteiger partial charge in [0.25, 0.3) is 11.1 Å². The van der Waals surface area contributed by atoms with Crippen molar-refractivity contribution < 1.29 is 19.0 Å². The highest BCUT2D eigenvalue weighted by Crippen LogP contribution is 2.33. The van der Waals surface area contributed by atoms with Crippen molar-refractivity contribution in [1.82, 2.24) is 14.7 Å². The van der Waals surface area contributed by atoms with Crippen molar-refractivity contribution in [1.29, 1.82) is 0 Å². The Morgan fingerprint density at radius 1 is 1.06 bits per heavy atom. The first-order valence-corrected chi connectivity index (χ1v) is 10.8. The first kappa shape index (κ1) is 22.6. The second-order valence-corrected chi connectivity index (χ2v) is 8.19. The van der Waals surface area contributed by atoms with E-state index >= 15 is 0 Å². The Morgan fingerprint density at radius 2 is 1.87 bits per heavy atom. The summed E-state index contributed by atoms with van der Waals surface area (Å²) < 4.78 is 20.9. The Balaban J connectivity index is 1.75. The number of ether oxygens (including phenoxy) is 3. The molecule has 0 bridgehead atoms. The first-order valence-electron chi connectivity index (χ1n) is 10.0. The molecule has 1 N–H and O–H groups in total. The van der Waals surface area contributed by atoms with Crippen molar-refractivity contribution >= 4 is 17.4 Å². The lowest BCUT2D eigenvalue weighted by atomic mass is 10.1. The monoisotopic (exact) mass is 441 g/mol. The maximum atomic E-state index is 12.6. The smallest absolute Gasteiger partial charge is 0.298 e. The zero-order valence-electron chi connectivity index (χ0n) is 18.3. The Morgan fingerprint density at radius 3 is 2.58 bits per heavy atom. The number of nitrogens with zero attached hydrogens (tertiary/aromatic N) is 2. The van der Waals surface area contributed by atoms with Crippen LogP contribution < -0.4 is 19.5 Å².